The lowest BCUT2D eigenvalue weighted by molar-refractivity contribution is 0.131. The number of aliphatic hydroxyl groups is 1. The highest BCUT2D eigenvalue weighted by molar-refractivity contribution is 5.25. The van der Waals surface area contributed by atoms with Gasteiger partial charge in [0.25, 0.3) is 0 Å². The van der Waals surface area contributed by atoms with Crippen molar-refractivity contribution in [3.8, 4) is 0 Å². The van der Waals surface area contributed by atoms with E-state index in [2.05, 4.69) is 51.8 Å². The highest BCUT2D eigenvalue weighted by Gasteiger charge is 2.28. The van der Waals surface area contributed by atoms with Gasteiger partial charge in [-0.15, -0.1) is 0 Å². The van der Waals surface area contributed by atoms with Gasteiger partial charge in [0.15, 0.2) is 0 Å². The summed E-state index contributed by atoms with van der Waals surface area (Å²) in [6, 6.07) is 10.9. The Morgan fingerprint density at radius 2 is 1.74 bits per heavy atom. The van der Waals surface area contributed by atoms with Crippen molar-refractivity contribution in [1.82, 2.24) is 4.90 Å². The summed E-state index contributed by atoms with van der Waals surface area (Å²) in [4.78, 5) is 2.36. The van der Waals surface area contributed by atoms with E-state index in [0.29, 0.717) is 12.0 Å². The highest BCUT2D eigenvalue weighted by Crippen LogP contribution is 2.25. The molecule has 108 valence electrons. The van der Waals surface area contributed by atoms with Gasteiger partial charge in [-0.1, -0.05) is 51.1 Å². The van der Waals surface area contributed by atoms with Gasteiger partial charge in [0.05, 0.1) is 6.61 Å². The van der Waals surface area contributed by atoms with Crippen molar-refractivity contribution in [3.63, 3.8) is 0 Å². The molecule has 0 aliphatic rings. The van der Waals surface area contributed by atoms with E-state index in [9.17, 15) is 5.11 Å². The van der Waals surface area contributed by atoms with E-state index in [4.69, 9.17) is 0 Å². The molecule has 1 aromatic rings. The normalized spacial score (nSPS) is 16.6. The topological polar surface area (TPSA) is 23.5 Å². The maximum atomic E-state index is 9.82. The predicted octanol–water partition coefficient (Wildman–Crippen LogP) is 3.30. The Kier molecular flexibility index (Phi) is 6.02. The first-order valence-corrected chi connectivity index (χ1v) is 7.25. The Hall–Kier alpha value is -0.860. The van der Waals surface area contributed by atoms with Gasteiger partial charge >= 0.3 is 0 Å². The van der Waals surface area contributed by atoms with Crippen LogP contribution in [0.5, 0.6) is 0 Å². The third-order valence-electron chi connectivity index (χ3n) is 3.98. The van der Waals surface area contributed by atoms with Crippen LogP contribution in [0.1, 0.15) is 39.7 Å². The second-order valence-electron chi connectivity index (χ2n) is 6.48. The molecule has 19 heavy (non-hydrogen) atoms. The first kappa shape index (κ1) is 16.2. The highest BCUT2D eigenvalue weighted by atomic mass is 16.3. The molecule has 0 saturated heterocycles. The predicted molar refractivity (Wildman–Crippen MR) is 82.4 cm³/mol. The fourth-order valence-corrected chi connectivity index (χ4v) is 2.64. The van der Waals surface area contributed by atoms with Crippen LogP contribution in [-0.2, 0) is 5.41 Å². The number of benzene rings is 1. The second kappa shape index (κ2) is 7.06. The minimum absolute atomic E-state index is 0.176. The quantitative estimate of drug-likeness (QED) is 0.816. The van der Waals surface area contributed by atoms with Gasteiger partial charge in [-0.2, -0.15) is 0 Å². The molecule has 1 rings (SSSR count). The van der Waals surface area contributed by atoms with E-state index in [1.807, 2.05) is 18.2 Å². The molecule has 0 heterocycles. The van der Waals surface area contributed by atoms with Gasteiger partial charge in [-0.3, -0.25) is 0 Å². The van der Waals surface area contributed by atoms with Gasteiger partial charge in [-0.25, -0.2) is 0 Å². The largest absolute Gasteiger partial charge is 0.395 e. The Labute approximate surface area is 118 Å². The molecular weight excluding hydrogens is 234 g/mol. The van der Waals surface area contributed by atoms with Crippen LogP contribution in [-0.4, -0.2) is 36.2 Å². The van der Waals surface area contributed by atoms with Gasteiger partial charge < -0.3 is 10.0 Å². The first-order chi connectivity index (χ1) is 8.89. The lowest BCUT2D eigenvalue weighted by atomic mass is 9.82. The van der Waals surface area contributed by atoms with E-state index in [1.54, 1.807) is 0 Å². The average Bonchev–Trinajstić information content (AvgIpc) is 2.38. The molecule has 2 unspecified atom stereocenters. The number of likely N-dealkylation sites (N-methyl/N-ethyl adjacent to an activating group) is 1. The summed E-state index contributed by atoms with van der Waals surface area (Å²) in [5.74, 6) is 0.703. The number of rotatable bonds is 7. The van der Waals surface area contributed by atoms with Crippen LogP contribution in [0.25, 0.3) is 0 Å². The Morgan fingerprint density at radius 3 is 2.21 bits per heavy atom. The molecule has 0 fully saturated rings. The molecular formula is C17H29NO. The van der Waals surface area contributed by atoms with Gasteiger partial charge in [0, 0.05) is 18.0 Å². The molecule has 2 nitrogen and oxygen atoms in total. The Bertz CT molecular complexity index is 363. The molecule has 0 bridgehead atoms. The lowest BCUT2D eigenvalue weighted by Gasteiger charge is -2.36. The van der Waals surface area contributed by atoms with Crippen molar-refractivity contribution >= 4 is 0 Å². The van der Waals surface area contributed by atoms with Crippen molar-refractivity contribution in [2.75, 3.05) is 20.2 Å². The molecule has 1 aromatic carbocycles. The van der Waals surface area contributed by atoms with Gasteiger partial charge in [-0.05, 0) is 31.9 Å². The zero-order valence-electron chi connectivity index (χ0n) is 13.1. The summed E-state index contributed by atoms with van der Waals surface area (Å²) in [7, 11) is 2.16. The van der Waals surface area contributed by atoms with E-state index < -0.39 is 0 Å². The van der Waals surface area contributed by atoms with E-state index in [1.165, 1.54) is 12.0 Å². The van der Waals surface area contributed by atoms with Crippen LogP contribution >= 0.6 is 0 Å². The zero-order chi connectivity index (χ0) is 14.5. The standard InChI is InChI=1S/C17H29NO/c1-14(2)11-15(3)18(5)12-17(4,13-19)16-9-7-6-8-10-16/h6-10,14-15,19H,11-13H2,1-5H3. The summed E-state index contributed by atoms with van der Waals surface area (Å²) in [6.45, 7) is 9.97. The molecule has 0 radical (unpaired) electrons. The molecule has 2 heteroatoms. The number of nitrogens with zero attached hydrogens (tertiary/aromatic N) is 1. The SMILES string of the molecule is CC(C)CC(C)N(C)CC(C)(CO)c1ccccc1. The van der Waals surface area contributed by atoms with Gasteiger partial charge in [0.2, 0.25) is 0 Å². The van der Waals surface area contributed by atoms with E-state index in [-0.39, 0.29) is 12.0 Å². The zero-order valence-corrected chi connectivity index (χ0v) is 13.1. The van der Waals surface area contributed by atoms with Crippen LogP contribution in [0, 0.1) is 5.92 Å². The first-order valence-electron chi connectivity index (χ1n) is 7.25. The molecule has 0 aliphatic carbocycles. The Morgan fingerprint density at radius 1 is 1.16 bits per heavy atom. The molecule has 0 saturated carbocycles. The van der Waals surface area contributed by atoms with Crippen LogP contribution in [0.4, 0.5) is 0 Å². The molecule has 0 aliphatic heterocycles. The fourth-order valence-electron chi connectivity index (χ4n) is 2.64. The smallest absolute Gasteiger partial charge is 0.0537 e. The fraction of sp³-hybridized carbons (Fsp3) is 0.647. The van der Waals surface area contributed by atoms with E-state index in [0.717, 1.165) is 6.54 Å². The molecule has 2 atom stereocenters. The maximum absolute atomic E-state index is 9.82. The van der Waals surface area contributed by atoms with Crippen LogP contribution in [0.2, 0.25) is 0 Å². The summed E-state index contributed by atoms with van der Waals surface area (Å²) >= 11 is 0. The summed E-state index contributed by atoms with van der Waals surface area (Å²) in [6.07, 6.45) is 1.19. The van der Waals surface area contributed by atoms with Crippen molar-refractivity contribution in [1.29, 1.82) is 0 Å². The average molecular weight is 263 g/mol. The monoisotopic (exact) mass is 263 g/mol. The Balaban J connectivity index is 2.76. The molecule has 0 aromatic heterocycles. The number of hydrogen-bond acceptors (Lipinski definition) is 2. The third kappa shape index (κ3) is 4.63. The van der Waals surface area contributed by atoms with Gasteiger partial charge in [0.1, 0.15) is 0 Å². The second-order valence-corrected chi connectivity index (χ2v) is 6.48. The van der Waals surface area contributed by atoms with E-state index >= 15 is 0 Å². The van der Waals surface area contributed by atoms with Crippen LogP contribution in [0.15, 0.2) is 30.3 Å². The van der Waals surface area contributed by atoms with Crippen LogP contribution in [0.3, 0.4) is 0 Å². The minimum atomic E-state index is -0.193. The van der Waals surface area contributed by atoms with Crippen molar-refractivity contribution in [2.24, 2.45) is 5.92 Å². The third-order valence-corrected chi connectivity index (χ3v) is 3.98. The number of hydrogen-bond donors (Lipinski definition) is 1. The summed E-state index contributed by atoms with van der Waals surface area (Å²) in [5.41, 5.74) is 1.02. The number of aliphatic hydroxyl groups excluding tert-OH is 1. The summed E-state index contributed by atoms with van der Waals surface area (Å²) < 4.78 is 0. The van der Waals surface area contributed by atoms with Crippen molar-refractivity contribution < 1.29 is 5.11 Å². The van der Waals surface area contributed by atoms with Crippen molar-refractivity contribution in [3.05, 3.63) is 35.9 Å². The lowest BCUT2D eigenvalue weighted by Crippen LogP contribution is -2.43. The summed E-state index contributed by atoms with van der Waals surface area (Å²) in [5, 5.41) is 9.82. The van der Waals surface area contributed by atoms with Crippen molar-refractivity contribution in [2.45, 2.75) is 45.6 Å². The molecule has 0 amide bonds. The molecule has 1 N–H and O–H groups in total. The minimum Gasteiger partial charge on any atom is -0.395 e. The van der Waals surface area contributed by atoms with Crippen LogP contribution < -0.4 is 0 Å². The maximum Gasteiger partial charge on any atom is 0.0537 e. The molecule has 0 spiro atoms.